The summed E-state index contributed by atoms with van der Waals surface area (Å²) in [5.41, 5.74) is 3.43. The molecule has 3 rings (SSSR count). The van der Waals surface area contributed by atoms with Crippen molar-refractivity contribution in [1.29, 1.82) is 0 Å². The van der Waals surface area contributed by atoms with Crippen LogP contribution in [-0.4, -0.2) is 0 Å². The Morgan fingerprint density at radius 2 is 0.923 bits per heavy atom. The molecule has 0 saturated carbocycles. The third-order valence-electron chi connectivity index (χ3n) is 4.05. The molecule has 3 aromatic carbocycles. The molecule has 0 bridgehead atoms. The van der Waals surface area contributed by atoms with E-state index in [0.717, 1.165) is 22.0 Å². The van der Waals surface area contributed by atoms with Crippen LogP contribution in [0.25, 0.3) is 0 Å². The van der Waals surface area contributed by atoms with Crippen LogP contribution in [-0.2, 0) is 4.08 Å². The van der Waals surface area contributed by atoms with Gasteiger partial charge in [-0.05, 0) is 0 Å². The van der Waals surface area contributed by atoms with Crippen molar-refractivity contribution in [2.45, 2.75) is 20.8 Å². The topological polar surface area (TPSA) is 27.7 Å². The SMILES string of the molecule is Cc1ccc(O[PH](OCl)(Oc2ccc(C)cc2)c2ccc(C)cc2)cc1. The number of benzene rings is 3. The van der Waals surface area contributed by atoms with Crippen LogP contribution in [0.2, 0.25) is 0 Å². The predicted octanol–water partition coefficient (Wildman–Crippen LogP) is 6.06. The van der Waals surface area contributed by atoms with E-state index in [1.165, 1.54) is 0 Å². The quantitative estimate of drug-likeness (QED) is 0.480. The van der Waals surface area contributed by atoms with Crippen LogP contribution in [0.5, 0.6) is 11.5 Å². The predicted molar refractivity (Wildman–Crippen MR) is 110 cm³/mol. The maximum absolute atomic E-state index is 6.23. The first-order chi connectivity index (χ1) is 12.5. The van der Waals surface area contributed by atoms with E-state index in [0.29, 0.717) is 11.5 Å². The number of hydrogen-bond acceptors (Lipinski definition) is 3. The molecule has 0 saturated heterocycles. The summed E-state index contributed by atoms with van der Waals surface area (Å²) >= 11 is 5.97. The molecule has 0 aromatic heterocycles. The van der Waals surface area contributed by atoms with Crippen LogP contribution in [0.4, 0.5) is 0 Å². The Hall–Kier alpha value is -2.06. The van der Waals surface area contributed by atoms with Gasteiger partial charge in [0.25, 0.3) is 0 Å². The Morgan fingerprint density at radius 1 is 0.577 bits per heavy atom. The van der Waals surface area contributed by atoms with E-state index in [4.69, 9.17) is 25.0 Å². The first kappa shape index (κ1) is 18.7. The first-order valence-corrected chi connectivity index (χ1v) is 10.4. The summed E-state index contributed by atoms with van der Waals surface area (Å²) in [5.74, 6) is 1.30. The molecule has 3 aromatic rings. The summed E-state index contributed by atoms with van der Waals surface area (Å²) in [4.78, 5) is 0. The van der Waals surface area contributed by atoms with Gasteiger partial charge < -0.3 is 0 Å². The molecule has 0 radical (unpaired) electrons. The van der Waals surface area contributed by atoms with Gasteiger partial charge in [0, 0.05) is 0 Å². The molecule has 0 aliphatic rings. The molecule has 0 heterocycles. The molecule has 0 unspecified atom stereocenters. The van der Waals surface area contributed by atoms with Crippen LogP contribution in [0.3, 0.4) is 0 Å². The normalized spacial score (nSPS) is 11.8. The van der Waals surface area contributed by atoms with Gasteiger partial charge in [0.15, 0.2) is 0 Å². The molecule has 26 heavy (non-hydrogen) atoms. The van der Waals surface area contributed by atoms with Crippen molar-refractivity contribution in [3.8, 4) is 11.5 Å². The van der Waals surface area contributed by atoms with Gasteiger partial charge in [-0.25, -0.2) is 0 Å². The molecule has 0 aliphatic heterocycles. The van der Waals surface area contributed by atoms with Crippen molar-refractivity contribution in [3.05, 3.63) is 89.5 Å². The van der Waals surface area contributed by atoms with Crippen molar-refractivity contribution in [2.75, 3.05) is 0 Å². The molecule has 0 atom stereocenters. The second-order valence-corrected chi connectivity index (χ2v) is 9.04. The Kier molecular flexibility index (Phi) is 5.83. The average molecular weight is 389 g/mol. The van der Waals surface area contributed by atoms with Crippen molar-refractivity contribution in [3.63, 3.8) is 0 Å². The zero-order valence-corrected chi connectivity index (χ0v) is 16.8. The monoisotopic (exact) mass is 388 g/mol. The standard InChI is InChI=1S/C21H22ClO3P/c1-16-4-10-19(11-5-16)23-26(25-22,21-14-8-18(3)9-15-21)24-20-12-6-17(2)7-13-20/h4-15,26H,1-3H3. The van der Waals surface area contributed by atoms with E-state index in [2.05, 4.69) is 0 Å². The van der Waals surface area contributed by atoms with Crippen molar-refractivity contribution in [2.24, 2.45) is 0 Å². The van der Waals surface area contributed by atoms with Crippen molar-refractivity contribution < 1.29 is 13.1 Å². The maximum atomic E-state index is 6.23. The van der Waals surface area contributed by atoms with E-state index in [9.17, 15) is 0 Å². The van der Waals surface area contributed by atoms with Crippen LogP contribution in [0.1, 0.15) is 16.7 Å². The van der Waals surface area contributed by atoms with Crippen LogP contribution in [0, 0.1) is 20.8 Å². The summed E-state index contributed by atoms with van der Waals surface area (Å²) in [6.45, 7) is 6.07. The van der Waals surface area contributed by atoms with Gasteiger partial charge in [0.2, 0.25) is 0 Å². The molecule has 0 spiro atoms. The van der Waals surface area contributed by atoms with Gasteiger partial charge in [0.05, 0.1) is 0 Å². The fourth-order valence-electron chi connectivity index (χ4n) is 2.50. The Bertz CT molecular complexity index is 798. The molecule has 5 heteroatoms. The van der Waals surface area contributed by atoms with Crippen LogP contribution >= 0.6 is 19.8 Å². The minimum absolute atomic E-state index is 0.649. The number of hydrogen-bond donors (Lipinski definition) is 0. The third kappa shape index (κ3) is 4.37. The molecule has 0 aliphatic carbocycles. The molecule has 0 fully saturated rings. The fraction of sp³-hybridized carbons (Fsp3) is 0.143. The van der Waals surface area contributed by atoms with Gasteiger partial charge in [0.1, 0.15) is 0 Å². The van der Waals surface area contributed by atoms with E-state index in [1.807, 2.05) is 93.6 Å². The van der Waals surface area contributed by atoms with Gasteiger partial charge >= 0.3 is 160 Å². The van der Waals surface area contributed by atoms with Crippen LogP contribution in [0.15, 0.2) is 72.8 Å². The third-order valence-corrected chi connectivity index (χ3v) is 6.91. The summed E-state index contributed by atoms with van der Waals surface area (Å²) < 4.78 is 17.9. The summed E-state index contributed by atoms with van der Waals surface area (Å²) in [6.07, 6.45) is 0. The molecular weight excluding hydrogens is 367 g/mol. The van der Waals surface area contributed by atoms with Crippen molar-refractivity contribution >= 4 is 25.1 Å². The number of halogens is 1. The minimum atomic E-state index is -3.42. The fourth-order valence-corrected chi connectivity index (χ4v) is 4.85. The van der Waals surface area contributed by atoms with E-state index >= 15 is 0 Å². The first-order valence-electron chi connectivity index (χ1n) is 8.39. The second kappa shape index (κ2) is 8.09. The number of aryl methyl sites for hydroxylation is 3. The summed E-state index contributed by atoms with van der Waals surface area (Å²) in [7, 11) is -3.42. The molecule has 3 nitrogen and oxygen atoms in total. The second-order valence-electron chi connectivity index (χ2n) is 6.33. The van der Waals surface area contributed by atoms with Gasteiger partial charge in [-0.3, -0.25) is 0 Å². The molecule has 0 N–H and O–H groups in total. The van der Waals surface area contributed by atoms with E-state index in [1.54, 1.807) is 0 Å². The zero-order chi connectivity index (χ0) is 18.6. The Labute approximate surface area is 160 Å². The zero-order valence-electron chi connectivity index (χ0n) is 15.0. The van der Waals surface area contributed by atoms with E-state index < -0.39 is 7.94 Å². The van der Waals surface area contributed by atoms with Crippen molar-refractivity contribution in [1.82, 2.24) is 0 Å². The van der Waals surface area contributed by atoms with Gasteiger partial charge in [-0.2, -0.15) is 0 Å². The summed E-state index contributed by atoms with van der Waals surface area (Å²) in [6, 6.07) is 23.3. The van der Waals surface area contributed by atoms with Gasteiger partial charge in [-0.1, -0.05) is 0 Å². The van der Waals surface area contributed by atoms with Gasteiger partial charge in [-0.15, -0.1) is 0 Å². The van der Waals surface area contributed by atoms with E-state index in [-0.39, 0.29) is 0 Å². The Balaban J connectivity index is 2.01. The molecule has 0 amide bonds. The summed E-state index contributed by atoms with van der Waals surface area (Å²) in [5, 5.41) is 0.791. The average Bonchev–Trinajstić information content (AvgIpc) is 2.65. The Morgan fingerprint density at radius 3 is 1.27 bits per heavy atom. The number of rotatable bonds is 6. The molecular formula is C21H22ClO3P. The van der Waals surface area contributed by atoms with Crippen LogP contribution < -0.4 is 14.4 Å². The molecule has 136 valence electrons.